The molecule has 7 nitrogen and oxygen atoms in total. The molecule has 1 aliphatic heterocycles. The van der Waals surface area contributed by atoms with Crippen LogP contribution in [0.1, 0.15) is 40.1 Å². The number of ether oxygens (including phenoxy) is 2. The number of nitrogens with zero attached hydrogens (tertiary/aromatic N) is 3. The Balaban J connectivity index is 1.67. The Bertz CT molecular complexity index is 1600. The Hall–Kier alpha value is -5.04. The van der Waals surface area contributed by atoms with Crippen molar-refractivity contribution >= 4 is 5.91 Å². The molecule has 1 unspecified atom stereocenters. The monoisotopic (exact) mass is 547 g/mol. The lowest BCUT2D eigenvalue weighted by Gasteiger charge is -2.44. The smallest absolute Gasteiger partial charge is 0.278 e. The summed E-state index contributed by atoms with van der Waals surface area (Å²) in [6.45, 7) is 10.8. The number of carbonyl (C=O) groups is 1. The molecule has 0 fully saturated rings. The molecule has 0 spiro atoms. The summed E-state index contributed by atoms with van der Waals surface area (Å²) in [4.78, 5) is 28.7. The third kappa shape index (κ3) is 5.94. The maximum Gasteiger partial charge on any atom is 0.278 e. The van der Waals surface area contributed by atoms with Gasteiger partial charge < -0.3 is 14.4 Å². The van der Waals surface area contributed by atoms with E-state index in [4.69, 9.17) is 9.47 Å². The SMILES string of the molecule is C=CCN1CN(C(c2ccccc2)c2ccccc2OCC(=C)C)n2ccc(=O)c(OCc3ccccc3)c2C1=O. The highest BCUT2D eigenvalue weighted by Crippen LogP contribution is 2.37. The van der Waals surface area contributed by atoms with E-state index in [9.17, 15) is 9.59 Å². The number of rotatable bonds is 11. The van der Waals surface area contributed by atoms with Gasteiger partial charge in [0.15, 0.2) is 11.4 Å². The number of hydrogen-bond acceptors (Lipinski definition) is 5. The Kier molecular flexibility index (Phi) is 8.34. The standard InChI is InChI=1S/C34H33N3O4/c1-4-20-35-24-37(31(27-15-9-6-10-16-27)28-17-11-12-18-30(28)40-22-25(2)3)36-21-19-29(38)33(32(36)34(35)39)41-23-26-13-7-5-8-14-26/h4-19,21,31H,1-2,20,22-24H2,3H3. The van der Waals surface area contributed by atoms with Crippen LogP contribution in [0.25, 0.3) is 0 Å². The summed E-state index contributed by atoms with van der Waals surface area (Å²) in [6.07, 6.45) is 3.32. The molecule has 4 aromatic rings. The number of carbonyl (C=O) groups excluding carboxylic acids is 1. The van der Waals surface area contributed by atoms with Gasteiger partial charge in [0, 0.05) is 24.4 Å². The van der Waals surface area contributed by atoms with E-state index in [2.05, 4.69) is 13.2 Å². The van der Waals surface area contributed by atoms with E-state index in [1.165, 1.54) is 6.07 Å². The van der Waals surface area contributed by atoms with Crippen LogP contribution in [0.5, 0.6) is 11.5 Å². The molecule has 0 N–H and O–H groups in total. The first-order valence-corrected chi connectivity index (χ1v) is 13.5. The van der Waals surface area contributed by atoms with E-state index >= 15 is 0 Å². The Morgan fingerprint density at radius 3 is 2.32 bits per heavy atom. The molecular formula is C34H33N3O4. The summed E-state index contributed by atoms with van der Waals surface area (Å²) >= 11 is 0. The normalized spacial score (nSPS) is 13.3. The quantitative estimate of drug-likeness (QED) is 0.225. The minimum atomic E-state index is -0.374. The third-order valence-corrected chi connectivity index (χ3v) is 6.79. The van der Waals surface area contributed by atoms with Crippen molar-refractivity contribution in [2.75, 3.05) is 24.8 Å². The highest BCUT2D eigenvalue weighted by molar-refractivity contribution is 5.96. The average Bonchev–Trinajstić information content (AvgIpc) is 2.99. The largest absolute Gasteiger partial charge is 0.489 e. The molecule has 0 aliphatic carbocycles. The van der Waals surface area contributed by atoms with Gasteiger partial charge in [-0.2, -0.15) is 0 Å². The van der Waals surface area contributed by atoms with Crippen molar-refractivity contribution in [3.8, 4) is 11.5 Å². The van der Waals surface area contributed by atoms with Crippen LogP contribution in [0.3, 0.4) is 0 Å². The molecule has 3 aromatic carbocycles. The van der Waals surface area contributed by atoms with Gasteiger partial charge in [-0.15, -0.1) is 6.58 Å². The number of fused-ring (bicyclic) bond motifs is 1. The molecule has 0 saturated heterocycles. The van der Waals surface area contributed by atoms with Gasteiger partial charge in [-0.3, -0.25) is 19.3 Å². The second-order valence-corrected chi connectivity index (χ2v) is 9.97. The number of aromatic nitrogens is 1. The lowest BCUT2D eigenvalue weighted by atomic mass is 9.97. The number of benzene rings is 3. The highest BCUT2D eigenvalue weighted by atomic mass is 16.5. The first kappa shape index (κ1) is 27.5. The number of pyridine rings is 1. The first-order chi connectivity index (χ1) is 20.0. The minimum Gasteiger partial charge on any atom is -0.489 e. The number of para-hydroxylation sites is 1. The zero-order chi connectivity index (χ0) is 28.8. The van der Waals surface area contributed by atoms with Crippen LogP contribution >= 0.6 is 0 Å². The first-order valence-electron chi connectivity index (χ1n) is 13.5. The Morgan fingerprint density at radius 1 is 0.927 bits per heavy atom. The summed E-state index contributed by atoms with van der Waals surface area (Å²) in [5.74, 6) is 0.416. The van der Waals surface area contributed by atoms with Crippen LogP contribution in [-0.2, 0) is 6.61 Å². The fourth-order valence-corrected chi connectivity index (χ4v) is 4.93. The maximum atomic E-state index is 13.9. The molecule has 208 valence electrons. The van der Waals surface area contributed by atoms with Crippen molar-refractivity contribution in [3.63, 3.8) is 0 Å². The second kappa shape index (κ2) is 12.4. The molecule has 2 heterocycles. The van der Waals surface area contributed by atoms with Gasteiger partial charge in [-0.1, -0.05) is 91.5 Å². The van der Waals surface area contributed by atoms with E-state index < -0.39 is 0 Å². The predicted molar refractivity (Wildman–Crippen MR) is 161 cm³/mol. The van der Waals surface area contributed by atoms with Crippen LogP contribution in [0, 0.1) is 0 Å². The van der Waals surface area contributed by atoms with Crippen molar-refractivity contribution in [3.05, 3.63) is 155 Å². The molecule has 1 aromatic heterocycles. The lowest BCUT2D eigenvalue weighted by molar-refractivity contribution is 0.0698. The summed E-state index contributed by atoms with van der Waals surface area (Å²) in [5.41, 5.74) is 3.50. The van der Waals surface area contributed by atoms with Crippen LogP contribution < -0.4 is 19.9 Å². The fraction of sp³-hybridized carbons (Fsp3) is 0.176. The predicted octanol–water partition coefficient (Wildman–Crippen LogP) is 5.71. The molecular weight excluding hydrogens is 514 g/mol. The Labute approximate surface area is 240 Å². The van der Waals surface area contributed by atoms with Crippen LogP contribution in [-0.4, -0.2) is 35.3 Å². The highest BCUT2D eigenvalue weighted by Gasteiger charge is 2.37. The Morgan fingerprint density at radius 2 is 1.61 bits per heavy atom. The van der Waals surface area contributed by atoms with Gasteiger partial charge in [0.1, 0.15) is 31.7 Å². The van der Waals surface area contributed by atoms with Gasteiger partial charge in [0.2, 0.25) is 5.43 Å². The van der Waals surface area contributed by atoms with Gasteiger partial charge in [0.25, 0.3) is 5.91 Å². The number of amides is 1. The van der Waals surface area contributed by atoms with E-state index in [1.54, 1.807) is 21.8 Å². The van der Waals surface area contributed by atoms with Crippen LogP contribution in [0.4, 0.5) is 0 Å². The van der Waals surface area contributed by atoms with E-state index in [1.807, 2.05) is 96.9 Å². The van der Waals surface area contributed by atoms with Crippen LogP contribution in [0.2, 0.25) is 0 Å². The van der Waals surface area contributed by atoms with Crippen molar-refractivity contribution in [1.29, 1.82) is 0 Å². The molecule has 7 heteroatoms. The molecule has 1 amide bonds. The van der Waals surface area contributed by atoms with Crippen molar-refractivity contribution in [2.24, 2.45) is 0 Å². The van der Waals surface area contributed by atoms with Gasteiger partial charge in [0.05, 0.1) is 0 Å². The molecule has 0 bridgehead atoms. The molecule has 1 atom stereocenters. The van der Waals surface area contributed by atoms with E-state index in [-0.39, 0.29) is 42.1 Å². The average molecular weight is 548 g/mol. The van der Waals surface area contributed by atoms with E-state index in [0.717, 1.165) is 22.3 Å². The maximum absolute atomic E-state index is 13.9. The summed E-state index contributed by atoms with van der Waals surface area (Å²) in [5, 5.41) is 2.05. The molecule has 0 radical (unpaired) electrons. The van der Waals surface area contributed by atoms with Crippen molar-refractivity contribution < 1.29 is 14.3 Å². The zero-order valence-corrected chi connectivity index (χ0v) is 23.1. The van der Waals surface area contributed by atoms with Gasteiger partial charge in [-0.25, -0.2) is 0 Å². The van der Waals surface area contributed by atoms with Gasteiger partial charge >= 0.3 is 0 Å². The second-order valence-electron chi connectivity index (χ2n) is 9.97. The molecule has 0 saturated carbocycles. The van der Waals surface area contributed by atoms with E-state index in [0.29, 0.717) is 18.9 Å². The van der Waals surface area contributed by atoms with Crippen molar-refractivity contribution in [1.82, 2.24) is 9.58 Å². The molecule has 41 heavy (non-hydrogen) atoms. The summed E-state index contributed by atoms with van der Waals surface area (Å²) in [6, 6.07) is 28.5. The molecule has 5 rings (SSSR count). The minimum absolute atomic E-state index is 0.0127. The third-order valence-electron chi connectivity index (χ3n) is 6.79. The zero-order valence-electron chi connectivity index (χ0n) is 23.1. The van der Waals surface area contributed by atoms with Crippen LogP contribution in [0.15, 0.2) is 127 Å². The lowest BCUT2D eigenvalue weighted by Crippen LogP contribution is -2.55. The topological polar surface area (TPSA) is 64.0 Å². The van der Waals surface area contributed by atoms with Gasteiger partial charge in [-0.05, 0) is 29.7 Å². The van der Waals surface area contributed by atoms with Crippen molar-refractivity contribution in [2.45, 2.75) is 19.6 Å². The summed E-state index contributed by atoms with van der Waals surface area (Å²) < 4.78 is 14.0. The number of hydrogen-bond donors (Lipinski definition) is 0. The fourth-order valence-electron chi connectivity index (χ4n) is 4.93. The summed E-state index contributed by atoms with van der Waals surface area (Å²) in [7, 11) is 0. The molecule has 1 aliphatic rings.